The van der Waals surface area contributed by atoms with E-state index in [4.69, 9.17) is 22.1 Å². The molecule has 2 rings (SSSR count). The van der Waals surface area contributed by atoms with Crippen molar-refractivity contribution in [1.29, 1.82) is 0 Å². The molecular weight excluding hydrogens is 316 g/mol. The summed E-state index contributed by atoms with van der Waals surface area (Å²) in [5, 5.41) is 0.557. The molecule has 0 aliphatic heterocycles. The van der Waals surface area contributed by atoms with E-state index in [2.05, 4.69) is 20.9 Å². The van der Waals surface area contributed by atoms with Crippen LogP contribution in [-0.4, -0.2) is 4.98 Å². The monoisotopic (exact) mass is 326 g/mol. The largest absolute Gasteiger partial charge is 0.438 e. The van der Waals surface area contributed by atoms with Gasteiger partial charge in [0.15, 0.2) is 0 Å². The first-order valence-corrected chi connectivity index (χ1v) is 6.55. The number of benzene rings is 1. The number of rotatable bonds is 3. The number of aryl methyl sites for hydroxylation is 1. The van der Waals surface area contributed by atoms with Crippen molar-refractivity contribution in [2.75, 3.05) is 0 Å². The highest BCUT2D eigenvalue weighted by Gasteiger charge is 2.08. The first-order valence-electron chi connectivity index (χ1n) is 5.38. The molecule has 2 aromatic rings. The number of halogens is 2. The Morgan fingerprint density at radius 2 is 2.17 bits per heavy atom. The van der Waals surface area contributed by atoms with E-state index in [-0.39, 0.29) is 0 Å². The summed E-state index contributed by atoms with van der Waals surface area (Å²) in [7, 11) is 0. The highest BCUT2D eigenvalue weighted by Crippen LogP contribution is 2.31. The highest BCUT2D eigenvalue weighted by molar-refractivity contribution is 9.10. The summed E-state index contributed by atoms with van der Waals surface area (Å²) in [5.74, 6) is 1.23. The Kier molecular flexibility index (Phi) is 4.22. The van der Waals surface area contributed by atoms with Crippen molar-refractivity contribution in [3.63, 3.8) is 0 Å². The molecule has 5 heteroatoms. The lowest BCUT2D eigenvalue weighted by molar-refractivity contribution is 0.455. The van der Waals surface area contributed by atoms with Crippen molar-refractivity contribution in [3.8, 4) is 11.6 Å². The van der Waals surface area contributed by atoms with E-state index >= 15 is 0 Å². The molecule has 2 N–H and O–H groups in total. The third-order valence-corrected chi connectivity index (χ3v) is 3.24. The number of pyridine rings is 1. The summed E-state index contributed by atoms with van der Waals surface area (Å²) in [6.45, 7) is 2.45. The second-order valence-corrected chi connectivity index (χ2v) is 5.14. The van der Waals surface area contributed by atoms with Crippen molar-refractivity contribution in [3.05, 3.63) is 51.1 Å². The zero-order valence-corrected chi connectivity index (χ0v) is 12.1. The molecule has 18 heavy (non-hydrogen) atoms. The molecule has 0 unspecified atom stereocenters. The molecule has 0 amide bonds. The molecule has 0 bridgehead atoms. The van der Waals surface area contributed by atoms with Crippen molar-refractivity contribution in [2.24, 2.45) is 5.73 Å². The molecule has 0 spiro atoms. The van der Waals surface area contributed by atoms with Crippen LogP contribution in [0.1, 0.15) is 11.1 Å². The standard InChI is InChI=1S/C13H12BrClN2O/c1-8-2-3-9(6-16)4-12(8)18-13-11(14)5-10(15)7-17-13/h2-5,7H,6,16H2,1H3. The number of aromatic nitrogens is 1. The molecule has 0 saturated carbocycles. The summed E-state index contributed by atoms with van der Waals surface area (Å²) in [5.41, 5.74) is 7.65. The molecule has 0 aliphatic carbocycles. The number of hydrogen-bond acceptors (Lipinski definition) is 3. The summed E-state index contributed by atoms with van der Waals surface area (Å²) in [4.78, 5) is 4.14. The molecule has 0 aliphatic rings. The minimum Gasteiger partial charge on any atom is -0.438 e. The van der Waals surface area contributed by atoms with Gasteiger partial charge in [-0.3, -0.25) is 0 Å². The van der Waals surface area contributed by atoms with Crippen LogP contribution in [0.15, 0.2) is 34.9 Å². The zero-order chi connectivity index (χ0) is 13.1. The first-order chi connectivity index (χ1) is 8.60. The van der Waals surface area contributed by atoms with Crippen molar-refractivity contribution in [1.82, 2.24) is 4.98 Å². The lowest BCUT2D eigenvalue weighted by Crippen LogP contribution is -1.98. The average molecular weight is 328 g/mol. The van der Waals surface area contributed by atoms with Crippen molar-refractivity contribution < 1.29 is 4.74 Å². The number of nitrogens with two attached hydrogens (primary N) is 1. The second kappa shape index (κ2) is 5.69. The number of hydrogen-bond donors (Lipinski definition) is 1. The molecule has 1 heterocycles. The predicted molar refractivity (Wildman–Crippen MR) is 76.1 cm³/mol. The fourth-order valence-electron chi connectivity index (χ4n) is 1.46. The van der Waals surface area contributed by atoms with Crippen molar-refractivity contribution in [2.45, 2.75) is 13.5 Å². The smallest absolute Gasteiger partial charge is 0.233 e. The van der Waals surface area contributed by atoms with Crippen LogP contribution in [0.4, 0.5) is 0 Å². The molecule has 3 nitrogen and oxygen atoms in total. The summed E-state index contributed by atoms with van der Waals surface area (Å²) in [6, 6.07) is 7.61. The quantitative estimate of drug-likeness (QED) is 0.925. The van der Waals surface area contributed by atoms with E-state index in [1.54, 1.807) is 12.3 Å². The van der Waals surface area contributed by atoms with Gasteiger partial charge in [0.25, 0.3) is 0 Å². The van der Waals surface area contributed by atoms with Gasteiger partial charge in [0.2, 0.25) is 5.88 Å². The van der Waals surface area contributed by atoms with E-state index in [0.717, 1.165) is 16.9 Å². The molecule has 1 aromatic heterocycles. The molecule has 0 saturated heterocycles. The van der Waals surface area contributed by atoms with E-state index < -0.39 is 0 Å². The van der Waals surface area contributed by atoms with Crippen LogP contribution in [0.3, 0.4) is 0 Å². The maximum Gasteiger partial charge on any atom is 0.233 e. The van der Waals surface area contributed by atoms with Gasteiger partial charge in [-0.25, -0.2) is 4.98 Å². The topological polar surface area (TPSA) is 48.1 Å². The highest BCUT2D eigenvalue weighted by atomic mass is 79.9. The van der Waals surface area contributed by atoms with E-state index in [9.17, 15) is 0 Å². The maximum absolute atomic E-state index is 5.83. The molecule has 0 atom stereocenters. The van der Waals surface area contributed by atoms with Crippen LogP contribution in [0.25, 0.3) is 0 Å². The molecular formula is C13H12BrClN2O. The van der Waals surface area contributed by atoms with Gasteiger partial charge < -0.3 is 10.5 Å². The van der Waals surface area contributed by atoms with Gasteiger partial charge in [-0.2, -0.15) is 0 Å². The van der Waals surface area contributed by atoms with Gasteiger partial charge in [-0.1, -0.05) is 23.7 Å². The Morgan fingerprint density at radius 1 is 1.39 bits per heavy atom. The van der Waals surface area contributed by atoms with E-state index in [1.807, 2.05) is 25.1 Å². The normalized spacial score (nSPS) is 10.4. The fourth-order valence-corrected chi connectivity index (χ4v) is 2.18. The van der Waals surface area contributed by atoms with Gasteiger partial charge in [0, 0.05) is 12.7 Å². The second-order valence-electron chi connectivity index (χ2n) is 3.85. The van der Waals surface area contributed by atoms with Gasteiger partial charge in [-0.15, -0.1) is 0 Å². The summed E-state index contributed by atoms with van der Waals surface area (Å²) < 4.78 is 6.48. The van der Waals surface area contributed by atoms with Gasteiger partial charge in [0.1, 0.15) is 5.75 Å². The maximum atomic E-state index is 5.83. The lowest BCUT2D eigenvalue weighted by atomic mass is 10.1. The SMILES string of the molecule is Cc1ccc(CN)cc1Oc1ncc(Cl)cc1Br. The van der Waals surface area contributed by atoms with Crippen LogP contribution in [-0.2, 0) is 6.54 Å². The minimum absolute atomic E-state index is 0.478. The Labute approximate surface area is 119 Å². The lowest BCUT2D eigenvalue weighted by Gasteiger charge is -2.10. The summed E-state index contributed by atoms with van der Waals surface area (Å²) >= 11 is 9.20. The molecule has 0 radical (unpaired) electrons. The first kappa shape index (κ1) is 13.3. The fraction of sp³-hybridized carbons (Fsp3) is 0.154. The van der Waals surface area contributed by atoms with Crippen LogP contribution in [0.2, 0.25) is 5.02 Å². The van der Waals surface area contributed by atoms with Crippen LogP contribution in [0.5, 0.6) is 11.6 Å². The van der Waals surface area contributed by atoms with Crippen LogP contribution >= 0.6 is 27.5 Å². The number of nitrogens with zero attached hydrogens (tertiary/aromatic N) is 1. The average Bonchev–Trinajstić information content (AvgIpc) is 2.35. The zero-order valence-electron chi connectivity index (χ0n) is 9.78. The molecule has 1 aromatic carbocycles. The number of ether oxygens (including phenoxy) is 1. The molecule has 94 valence electrons. The Balaban J connectivity index is 2.33. The van der Waals surface area contributed by atoms with E-state index in [0.29, 0.717) is 21.9 Å². The van der Waals surface area contributed by atoms with Crippen LogP contribution in [0, 0.1) is 6.92 Å². The predicted octanol–water partition coefficient (Wildman–Crippen LogP) is 4.06. The van der Waals surface area contributed by atoms with Gasteiger partial charge >= 0.3 is 0 Å². The Morgan fingerprint density at radius 3 is 2.83 bits per heavy atom. The Bertz CT molecular complexity index is 575. The van der Waals surface area contributed by atoms with Crippen molar-refractivity contribution >= 4 is 27.5 Å². The van der Waals surface area contributed by atoms with E-state index in [1.165, 1.54) is 0 Å². The third-order valence-electron chi connectivity index (χ3n) is 2.47. The Hall–Kier alpha value is -1.10. The third kappa shape index (κ3) is 3.02. The minimum atomic E-state index is 0.478. The van der Waals surface area contributed by atoms with Gasteiger partial charge in [0.05, 0.1) is 9.50 Å². The van der Waals surface area contributed by atoms with Crippen LogP contribution < -0.4 is 10.5 Å². The molecule has 0 fully saturated rings. The van der Waals surface area contributed by atoms with Gasteiger partial charge in [-0.05, 0) is 46.1 Å². The summed E-state index contributed by atoms with van der Waals surface area (Å²) in [6.07, 6.45) is 1.55.